The number of rotatable bonds is 2. The molecule has 5 heteroatoms. The minimum Gasteiger partial charge on any atom is -0.486 e. The van der Waals surface area contributed by atoms with Crippen molar-refractivity contribution < 1.29 is 9.53 Å². The molecule has 0 saturated carbocycles. The number of hydrogen-bond acceptors (Lipinski definition) is 2. The van der Waals surface area contributed by atoms with E-state index in [1.54, 1.807) is 17.0 Å². The molecule has 4 nitrogen and oxygen atoms in total. The molecule has 0 bridgehead atoms. The van der Waals surface area contributed by atoms with Gasteiger partial charge in [-0.3, -0.25) is 4.90 Å². The average Bonchev–Trinajstić information content (AvgIpc) is 2.56. The second kappa shape index (κ2) is 6.50. The zero-order valence-electron chi connectivity index (χ0n) is 13.2. The fourth-order valence-corrected chi connectivity index (χ4v) is 2.72. The number of nitrogens with zero attached hydrogens (tertiary/aromatic N) is 1. The summed E-state index contributed by atoms with van der Waals surface area (Å²) in [5.41, 5.74) is 2.62. The molecule has 2 aromatic rings. The fourth-order valence-electron chi connectivity index (χ4n) is 2.55. The molecule has 2 amide bonds. The molecule has 1 N–H and O–H groups in total. The maximum absolute atomic E-state index is 12.7. The van der Waals surface area contributed by atoms with Crippen LogP contribution in [0.2, 0.25) is 5.02 Å². The molecule has 0 aromatic heterocycles. The van der Waals surface area contributed by atoms with Crippen LogP contribution >= 0.6 is 11.6 Å². The van der Waals surface area contributed by atoms with Gasteiger partial charge >= 0.3 is 6.03 Å². The standard InChI is InChI=1S/C18H19ClN2O2/c1-3-15-11-21(16-10-13(19)6-9-17(16)23-15)18(22)20-14-7-4-12(2)5-8-14/h4-10,15H,3,11H2,1-2H3,(H,20,22). The summed E-state index contributed by atoms with van der Waals surface area (Å²) in [7, 11) is 0. The monoisotopic (exact) mass is 330 g/mol. The van der Waals surface area contributed by atoms with E-state index in [9.17, 15) is 4.79 Å². The number of carbonyl (C=O) groups excluding carboxylic acids is 1. The van der Waals surface area contributed by atoms with Crippen molar-refractivity contribution >= 4 is 29.0 Å². The SMILES string of the molecule is CCC1CN(C(=O)Nc2ccc(C)cc2)c2cc(Cl)ccc2O1. The zero-order chi connectivity index (χ0) is 16.4. The normalized spacial score (nSPS) is 16.5. The highest BCUT2D eigenvalue weighted by molar-refractivity contribution is 6.31. The highest BCUT2D eigenvalue weighted by Gasteiger charge is 2.29. The van der Waals surface area contributed by atoms with Crippen molar-refractivity contribution in [2.24, 2.45) is 0 Å². The summed E-state index contributed by atoms with van der Waals surface area (Å²) in [6, 6.07) is 12.9. The molecule has 23 heavy (non-hydrogen) atoms. The summed E-state index contributed by atoms with van der Waals surface area (Å²) in [4.78, 5) is 14.4. The van der Waals surface area contributed by atoms with Gasteiger partial charge in [0.05, 0.1) is 12.2 Å². The maximum atomic E-state index is 12.7. The Morgan fingerprint density at radius 1 is 1.30 bits per heavy atom. The lowest BCUT2D eigenvalue weighted by Crippen LogP contribution is -2.45. The van der Waals surface area contributed by atoms with Crippen molar-refractivity contribution in [1.29, 1.82) is 0 Å². The Kier molecular flexibility index (Phi) is 4.44. The van der Waals surface area contributed by atoms with Gasteiger partial charge in [0.1, 0.15) is 11.9 Å². The van der Waals surface area contributed by atoms with Crippen LogP contribution in [-0.2, 0) is 0 Å². The molecular formula is C18H19ClN2O2. The fraction of sp³-hybridized carbons (Fsp3) is 0.278. The average molecular weight is 331 g/mol. The van der Waals surface area contributed by atoms with Crippen LogP contribution in [0.1, 0.15) is 18.9 Å². The molecule has 3 rings (SSSR count). The van der Waals surface area contributed by atoms with E-state index in [0.29, 0.717) is 23.0 Å². The number of fused-ring (bicyclic) bond motifs is 1. The predicted molar refractivity (Wildman–Crippen MR) is 93.7 cm³/mol. The first kappa shape index (κ1) is 15.7. The molecule has 0 radical (unpaired) electrons. The number of halogens is 1. The van der Waals surface area contributed by atoms with Crippen molar-refractivity contribution in [3.05, 3.63) is 53.1 Å². The van der Waals surface area contributed by atoms with Crippen LogP contribution in [-0.4, -0.2) is 18.7 Å². The quantitative estimate of drug-likeness (QED) is 0.854. The summed E-state index contributed by atoms with van der Waals surface area (Å²) >= 11 is 6.08. The molecule has 0 spiro atoms. The van der Waals surface area contributed by atoms with E-state index in [1.165, 1.54) is 0 Å². The maximum Gasteiger partial charge on any atom is 0.326 e. The lowest BCUT2D eigenvalue weighted by Gasteiger charge is -2.34. The minimum atomic E-state index is -0.181. The van der Waals surface area contributed by atoms with E-state index in [-0.39, 0.29) is 12.1 Å². The first-order valence-electron chi connectivity index (χ1n) is 7.68. The summed E-state index contributed by atoms with van der Waals surface area (Å²) in [6.07, 6.45) is 0.809. The number of aryl methyl sites for hydroxylation is 1. The Balaban J connectivity index is 1.87. The number of benzene rings is 2. The largest absolute Gasteiger partial charge is 0.486 e. The number of ether oxygens (including phenoxy) is 1. The number of urea groups is 1. The van der Waals surface area contributed by atoms with Crippen LogP contribution in [0, 0.1) is 6.92 Å². The van der Waals surface area contributed by atoms with Gasteiger partial charge in [0.25, 0.3) is 0 Å². The smallest absolute Gasteiger partial charge is 0.326 e. The first-order valence-corrected chi connectivity index (χ1v) is 8.06. The second-order valence-electron chi connectivity index (χ2n) is 5.67. The third kappa shape index (κ3) is 3.42. The van der Waals surface area contributed by atoms with Gasteiger partial charge < -0.3 is 10.1 Å². The lowest BCUT2D eigenvalue weighted by molar-refractivity contribution is 0.188. The van der Waals surface area contributed by atoms with Crippen molar-refractivity contribution in [1.82, 2.24) is 0 Å². The summed E-state index contributed by atoms with van der Waals surface area (Å²) in [6.45, 7) is 4.56. The number of nitrogens with one attached hydrogen (secondary N) is 1. The van der Waals surface area contributed by atoms with E-state index in [2.05, 4.69) is 5.32 Å². The Labute approximate surface area is 141 Å². The molecule has 0 saturated heterocycles. The van der Waals surface area contributed by atoms with Crippen LogP contribution < -0.4 is 15.0 Å². The van der Waals surface area contributed by atoms with Gasteiger partial charge in [-0.2, -0.15) is 0 Å². The Morgan fingerprint density at radius 2 is 2.04 bits per heavy atom. The van der Waals surface area contributed by atoms with Gasteiger partial charge in [-0.15, -0.1) is 0 Å². The number of carbonyl (C=O) groups is 1. The Bertz CT molecular complexity index is 715. The van der Waals surface area contributed by atoms with E-state index in [1.807, 2.05) is 44.2 Å². The molecule has 1 unspecified atom stereocenters. The molecule has 1 atom stereocenters. The molecule has 0 aliphatic carbocycles. The first-order chi connectivity index (χ1) is 11.1. The molecule has 1 aliphatic heterocycles. The molecule has 1 heterocycles. The van der Waals surface area contributed by atoms with E-state index in [4.69, 9.17) is 16.3 Å². The van der Waals surface area contributed by atoms with Crippen molar-refractivity contribution in [2.45, 2.75) is 26.4 Å². The zero-order valence-corrected chi connectivity index (χ0v) is 13.9. The third-order valence-electron chi connectivity index (χ3n) is 3.89. The van der Waals surface area contributed by atoms with Gasteiger partial charge in [0.2, 0.25) is 0 Å². The van der Waals surface area contributed by atoms with Gasteiger partial charge in [0, 0.05) is 10.7 Å². The van der Waals surface area contributed by atoms with Crippen LogP contribution in [0.25, 0.3) is 0 Å². The molecule has 1 aliphatic rings. The van der Waals surface area contributed by atoms with Crippen LogP contribution in [0.15, 0.2) is 42.5 Å². The summed E-state index contributed by atoms with van der Waals surface area (Å²) < 4.78 is 5.90. The second-order valence-corrected chi connectivity index (χ2v) is 6.10. The van der Waals surface area contributed by atoms with Gasteiger partial charge in [-0.1, -0.05) is 36.2 Å². The Morgan fingerprint density at radius 3 is 2.74 bits per heavy atom. The van der Waals surface area contributed by atoms with Crippen molar-refractivity contribution in [2.75, 3.05) is 16.8 Å². The van der Waals surface area contributed by atoms with Crippen LogP contribution in [0.4, 0.5) is 16.2 Å². The van der Waals surface area contributed by atoms with E-state index < -0.39 is 0 Å². The topological polar surface area (TPSA) is 41.6 Å². The van der Waals surface area contributed by atoms with Crippen molar-refractivity contribution in [3.63, 3.8) is 0 Å². The van der Waals surface area contributed by atoms with E-state index >= 15 is 0 Å². The van der Waals surface area contributed by atoms with Crippen LogP contribution in [0.3, 0.4) is 0 Å². The van der Waals surface area contributed by atoms with Gasteiger partial charge in [-0.05, 0) is 43.7 Å². The third-order valence-corrected chi connectivity index (χ3v) is 4.13. The van der Waals surface area contributed by atoms with E-state index in [0.717, 1.165) is 17.7 Å². The lowest BCUT2D eigenvalue weighted by atomic mass is 10.1. The molecule has 2 aromatic carbocycles. The van der Waals surface area contributed by atoms with Gasteiger partial charge in [-0.25, -0.2) is 4.79 Å². The van der Waals surface area contributed by atoms with Gasteiger partial charge in [0.15, 0.2) is 0 Å². The molecule has 120 valence electrons. The Hall–Kier alpha value is -2.20. The minimum absolute atomic E-state index is 0.0209. The number of amides is 2. The predicted octanol–water partition coefficient (Wildman–Crippen LogP) is 4.86. The number of anilines is 2. The highest BCUT2D eigenvalue weighted by Crippen LogP contribution is 2.36. The molecule has 0 fully saturated rings. The van der Waals surface area contributed by atoms with Crippen molar-refractivity contribution in [3.8, 4) is 5.75 Å². The summed E-state index contributed by atoms with van der Waals surface area (Å²) in [5, 5.41) is 3.51. The summed E-state index contributed by atoms with van der Waals surface area (Å²) in [5.74, 6) is 0.687. The number of hydrogen-bond donors (Lipinski definition) is 1. The van der Waals surface area contributed by atoms with Crippen LogP contribution in [0.5, 0.6) is 5.75 Å². The highest BCUT2D eigenvalue weighted by atomic mass is 35.5. The molecular weight excluding hydrogens is 312 g/mol.